The van der Waals surface area contributed by atoms with Crippen LogP contribution in [0.5, 0.6) is 0 Å². The molecule has 0 unspecified atom stereocenters. The normalized spacial score (nSPS) is 10.9. The third kappa shape index (κ3) is 4.96. The lowest BCUT2D eigenvalue weighted by molar-refractivity contribution is -0.116. The molecular formula is C31H27N3O2. The highest BCUT2D eigenvalue weighted by Gasteiger charge is 2.11. The highest BCUT2D eigenvalue weighted by molar-refractivity contribution is 5.95. The minimum atomic E-state index is -0.0807. The number of carbonyl (C=O) groups excluding carboxylic acids is 1. The second-order valence-electron chi connectivity index (χ2n) is 8.77. The van der Waals surface area contributed by atoms with Crippen molar-refractivity contribution in [3.8, 4) is 22.3 Å². The fourth-order valence-electron chi connectivity index (χ4n) is 4.47. The number of benzene rings is 4. The monoisotopic (exact) mass is 473 g/mol. The Bertz CT molecular complexity index is 1570. The highest BCUT2D eigenvalue weighted by atomic mass is 16.1. The van der Waals surface area contributed by atoms with Gasteiger partial charge in [0.15, 0.2) is 0 Å². The lowest BCUT2D eigenvalue weighted by Crippen LogP contribution is -2.24. The maximum absolute atomic E-state index is 12.9. The average molecular weight is 474 g/mol. The van der Waals surface area contributed by atoms with E-state index in [-0.39, 0.29) is 11.5 Å². The Morgan fingerprint density at radius 1 is 0.778 bits per heavy atom. The maximum atomic E-state index is 12.9. The summed E-state index contributed by atoms with van der Waals surface area (Å²) in [6, 6.07) is 33.8. The molecule has 1 amide bonds. The predicted molar refractivity (Wildman–Crippen MR) is 146 cm³/mol. The number of hydrogen-bond acceptors (Lipinski definition) is 3. The molecule has 0 aliphatic heterocycles. The first-order valence-electron chi connectivity index (χ1n) is 12.1. The van der Waals surface area contributed by atoms with Crippen molar-refractivity contribution in [2.75, 3.05) is 5.32 Å². The third-order valence-corrected chi connectivity index (χ3v) is 6.34. The van der Waals surface area contributed by atoms with Crippen molar-refractivity contribution in [1.82, 2.24) is 9.55 Å². The van der Waals surface area contributed by atoms with Gasteiger partial charge >= 0.3 is 0 Å². The third-order valence-electron chi connectivity index (χ3n) is 6.34. The number of amides is 1. The van der Waals surface area contributed by atoms with Gasteiger partial charge < -0.3 is 5.32 Å². The van der Waals surface area contributed by atoms with E-state index in [9.17, 15) is 9.59 Å². The Morgan fingerprint density at radius 3 is 2.22 bits per heavy atom. The summed E-state index contributed by atoms with van der Waals surface area (Å²) in [5.41, 5.74) is 5.73. The maximum Gasteiger partial charge on any atom is 0.261 e. The van der Waals surface area contributed by atoms with E-state index in [2.05, 4.69) is 46.7 Å². The van der Waals surface area contributed by atoms with Gasteiger partial charge in [-0.1, -0.05) is 84.9 Å². The molecule has 178 valence electrons. The molecule has 1 aromatic heterocycles. The lowest BCUT2D eigenvalue weighted by atomic mass is 9.99. The molecule has 5 rings (SSSR count). The van der Waals surface area contributed by atoms with E-state index < -0.39 is 0 Å². The van der Waals surface area contributed by atoms with Crippen LogP contribution in [0.2, 0.25) is 0 Å². The van der Waals surface area contributed by atoms with Crippen LogP contribution in [0.25, 0.3) is 33.2 Å². The van der Waals surface area contributed by atoms with Crippen molar-refractivity contribution in [1.29, 1.82) is 0 Å². The van der Waals surface area contributed by atoms with Gasteiger partial charge in [0.1, 0.15) is 5.82 Å². The number of aryl methyl sites for hydroxylation is 1. The molecule has 36 heavy (non-hydrogen) atoms. The second kappa shape index (κ2) is 10.4. The number of nitrogens with zero attached hydrogens (tertiary/aromatic N) is 2. The van der Waals surface area contributed by atoms with Gasteiger partial charge in [-0.2, -0.15) is 0 Å². The molecule has 0 saturated heterocycles. The first kappa shape index (κ1) is 23.2. The Labute approximate surface area is 210 Å². The summed E-state index contributed by atoms with van der Waals surface area (Å²) in [5, 5.41) is 3.66. The molecule has 5 aromatic rings. The van der Waals surface area contributed by atoms with Crippen LogP contribution in [-0.4, -0.2) is 15.5 Å². The molecule has 5 heteroatoms. The van der Waals surface area contributed by atoms with Crippen LogP contribution in [0.15, 0.2) is 108 Å². The van der Waals surface area contributed by atoms with Gasteiger partial charge in [-0.25, -0.2) is 4.98 Å². The molecule has 0 bridgehead atoms. The van der Waals surface area contributed by atoms with Gasteiger partial charge in [0, 0.05) is 24.2 Å². The minimum absolute atomic E-state index is 0.0668. The van der Waals surface area contributed by atoms with E-state index >= 15 is 0 Å². The SMILES string of the molecule is Cc1nc2ccccc2c(=O)n1CCCC(=O)Nc1ccccc1-c1ccc(-c2ccccc2)cc1. The van der Waals surface area contributed by atoms with Crippen LogP contribution in [0.3, 0.4) is 0 Å². The molecule has 0 spiro atoms. The number of fused-ring (bicyclic) bond motifs is 1. The first-order chi connectivity index (χ1) is 17.6. The van der Waals surface area contributed by atoms with Gasteiger partial charge in [-0.15, -0.1) is 0 Å². The Hall–Kier alpha value is -4.51. The van der Waals surface area contributed by atoms with Crippen LogP contribution in [0.4, 0.5) is 5.69 Å². The molecule has 0 aliphatic carbocycles. The standard InChI is InChI=1S/C31H27N3O2/c1-22-32-29-15-8-6-13-27(29)31(36)34(22)21-9-16-30(35)33-28-14-7-5-12-26(28)25-19-17-24(18-20-25)23-10-3-2-4-11-23/h2-8,10-15,17-20H,9,16,21H2,1H3,(H,33,35). The number of anilines is 1. The van der Waals surface area contributed by atoms with Gasteiger partial charge in [-0.3, -0.25) is 14.2 Å². The number of carbonyl (C=O) groups is 1. The molecule has 1 N–H and O–H groups in total. The number of para-hydroxylation sites is 2. The molecule has 0 saturated carbocycles. The minimum Gasteiger partial charge on any atom is -0.326 e. The fraction of sp³-hybridized carbons (Fsp3) is 0.129. The average Bonchev–Trinajstić information content (AvgIpc) is 2.91. The van der Waals surface area contributed by atoms with Crippen molar-refractivity contribution in [2.45, 2.75) is 26.3 Å². The van der Waals surface area contributed by atoms with Crippen LogP contribution < -0.4 is 10.9 Å². The molecule has 5 nitrogen and oxygen atoms in total. The molecule has 0 radical (unpaired) electrons. The van der Waals surface area contributed by atoms with E-state index in [1.807, 2.05) is 67.6 Å². The van der Waals surface area contributed by atoms with E-state index in [0.29, 0.717) is 36.1 Å². The van der Waals surface area contributed by atoms with Crippen molar-refractivity contribution >= 4 is 22.5 Å². The molecule has 1 heterocycles. The smallest absolute Gasteiger partial charge is 0.261 e. The number of hydrogen-bond donors (Lipinski definition) is 1. The van der Waals surface area contributed by atoms with Gasteiger partial charge in [0.2, 0.25) is 5.91 Å². The lowest BCUT2D eigenvalue weighted by Gasteiger charge is -2.13. The molecule has 4 aromatic carbocycles. The van der Waals surface area contributed by atoms with Crippen molar-refractivity contribution in [2.24, 2.45) is 0 Å². The highest BCUT2D eigenvalue weighted by Crippen LogP contribution is 2.30. The van der Waals surface area contributed by atoms with E-state index in [4.69, 9.17) is 0 Å². The Morgan fingerprint density at radius 2 is 1.42 bits per heavy atom. The van der Waals surface area contributed by atoms with Gasteiger partial charge in [-0.05, 0) is 48.2 Å². The summed E-state index contributed by atoms with van der Waals surface area (Å²) in [7, 11) is 0. The summed E-state index contributed by atoms with van der Waals surface area (Å²) >= 11 is 0. The zero-order valence-corrected chi connectivity index (χ0v) is 20.1. The van der Waals surface area contributed by atoms with Crippen molar-refractivity contribution in [3.05, 3.63) is 119 Å². The molecule has 0 fully saturated rings. The van der Waals surface area contributed by atoms with E-state index in [0.717, 1.165) is 22.4 Å². The molecular weight excluding hydrogens is 446 g/mol. The zero-order valence-electron chi connectivity index (χ0n) is 20.1. The summed E-state index contributed by atoms with van der Waals surface area (Å²) < 4.78 is 1.65. The van der Waals surface area contributed by atoms with E-state index in [1.54, 1.807) is 10.6 Å². The Kier molecular flexibility index (Phi) is 6.72. The Balaban J connectivity index is 1.26. The van der Waals surface area contributed by atoms with Crippen LogP contribution >= 0.6 is 0 Å². The van der Waals surface area contributed by atoms with Gasteiger partial charge in [0.05, 0.1) is 10.9 Å². The number of nitrogens with one attached hydrogen (secondary N) is 1. The number of rotatable bonds is 7. The van der Waals surface area contributed by atoms with Crippen LogP contribution in [-0.2, 0) is 11.3 Å². The predicted octanol–water partition coefficient (Wildman–Crippen LogP) is 6.46. The van der Waals surface area contributed by atoms with E-state index in [1.165, 1.54) is 5.56 Å². The largest absolute Gasteiger partial charge is 0.326 e. The van der Waals surface area contributed by atoms with Crippen LogP contribution in [0, 0.1) is 6.92 Å². The molecule has 0 atom stereocenters. The zero-order chi connectivity index (χ0) is 24.9. The summed E-state index contributed by atoms with van der Waals surface area (Å²) in [6.45, 7) is 2.27. The quantitative estimate of drug-likeness (QED) is 0.295. The number of aromatic nitrogens is 2. The summed E-state index contributed by atoms with van der Waals surface area (Å²) in [6.07, 6.45) is 0.848. The van der Waals surface area contributed by atoms with Crippen LogP contribution in [0.1, 0.15) is 18.7 Å². The fourth-order valence-corrected chi connectivity index (χ4v) is 4.47. The molecule has 0 aliphatic rings. The first-order valence-corrected chi connectivity index (χ1v) is 12.1. The summed E-state index contributed by atoms with van der Waals surface area (Å²) in [4.78, 5) is 30.2. The van der Waals surface area contributed by atoms with Crippen molar-refractivity contribution in [3.63, 3.8) is 0 Å². The summed E-state index contributed by atoms with van der Waals surface area (Å²) in [5.74, 6) is 0.575. The van der Waals surface area contributed by atoms with Gasteiger partial charge in [0.25, 0.3) is 5.56 Å². The topological polar surface area (TPSA) is 64.0 Å². The second-order valence-corrected chi connectivity index (χ2v) is 8.77. The van der Waals surface area contributed by atoms with Crippen molar-refractivity contribution < 1.29 is 4.79 Å².